The molecular weight excluding hydrogens is 360 g/mol. The second-order valence-corrected chi connectivity index (χ2v) is 7.64. The standard InChI is InChI=1S/C26H38O3/c1-4-5-12-22(14-15-23-17-25(28)18-26(29)20(23)3)24-13-8-11-21(16-24)10-7-6-9-19(2)27/h8,11,13-16,19,25-29H,3-7,9-10,12,17-18H2,1-2H3/b22-14+,23-15-/t19?,25-,26+/m1/s1/i2D3,7D,10D2/t7?,19?,25-,26+. The van der Waals surface area contributed by atoms with Crippen LogP contribution in [0, 0.1) is 0 Å². The van der Waals surface area contributed by atoms with Gasteiger partial charge < -0.3 is 15.3 Å². The number of aliphatic hydroxyl groups excluding tert-OH is 3. The average Bonchev–Trinajstić information content (AvgIpc) is 2.79. The molecule has 3 N–H and O–H groups in total. The summed E-state index contributed by atoms with van der Waals surface area (Å²) in [4.78, 5) is 0. The highest BCUT2D eigenvalue weighted by molar-refractivity contribution is 5.68. The molecule has 0 aromatic heterocycles. The Hall–Kier alpha value is -1.68. The zero-order valence-electron chi connectivity index (χ0n) is 23.3. The molecule has 0 saturated heterocycles. The van der Waals surface area contributed by atoms with Gasteiger partial charge in [0.05, 0.1) is 18.3 Å². The highest BCUT2D eigenvalue weighted by Crippen LogP contribution is 2.30. The molecule has 160 valence electrons. The second-order valence-electron chi connectivity index (χ2n) is 7.64. The Morgan fingerprint density at radius 3 is 2.97 bits per heavy atom. The van der Waals surface area contributed by atoms with E-state index in [4.69, 9.17) is 8.22 Å². The van der Waals surface area contributed by atoms with Gasteiger partial charge in [-0.1, -0.05) is 62.8 Å². The van der Waals surface area contributed by atoms with E-state index in [9.17, 15) is 15.3 Å². The zero-order valence-corrected chi connectivity index (χ0v) is 17.3. The van der Waals surface area contributed by atoms with Crippen molar-refractivity contribution in [2.24, 2.45) is 0 Å². The molecule has 0 radical (unpaired) electrons. The molecule has 2 unspecified atom stereocenters. The van der Waals surface area contributed by atoms with Gasteiger partial charge in [0, 0.05) is 14.6 Å². The molecule has 3 nitrogen and oxygen atoms in total. The molecule has 1 saturated carbocycles. The van der Waals surface area contributed by atoms with E-state index in [2.05, 4.69) is 13.5 Å². The van der Waals surface area contributed by atoms with Crippen molar-refractivity contribution in [3.63, 3.8) is 0 Å². The number of rotatable bonds is 10. The predicted molar refractivity (Wildman–Crippen MR) is 122 cm³/mol. The predicted octanol–water partition coefficient (Wildman–Crippen LogP) is 5.35. The third-order valence-corrected chi connectivity index (χ3v) is 5.14. The number of unbranched alkanes of at least 4 members (excludes halogenated alkanes) is 1. The van der Waals surface area contributed by atoms with Crippen LogP contribution in [-0.2, 0) is 6.37 Å². The molecule has 0 spiro atoms. The van der Waals surface area contributed by atoms with Crippen LogP contribution in [0.3, 0.4) is 0 Å². The van der Waals surface area contributed by atoms with Gasteiger partial charge in [0.25, 0.3) is 0 Å². The van der Waals surface area contributed by atoms with Crippen molar-refractivity contribution >= 4 is 5.57 Å². The summed E-state index contributed by atoms with van der Waals surface area (Å²) in [5, 5.41) is 29.9. The molecule has 4 atom stereocenters. The van der Waals surface area contributed by atoms with Gasteiger partial charge in [0.1, 0.15) is 0 Å². The fourth-order valence-electron chi connectivity index (χ4n) is 3.39. The van der Waals surface area contributed by atoms with E-state index in [1.54, 1.807) is 18.2 Å². The van der Waals surface area contributed by atoms with Crippen molar-refractivity contribution in [2.45, 2.75) is 89.8 Å². The Balaban J connectivity index is 2.31. The topological polar surface area (TPSA) is 60.7 Å². The van der Waals surface area contributed by atoms with E-state index >= 15 is 0 Å². The van der Waals surface area contributed by atoms with Crippen LogP contribution in [0.1, 0.15) is 84.5 Å². The van der Waals surface area contributed by atoms with E-state index in [1.807, 2.05) is 18.2 Å². The Morgan fingerprint density at radius 1 is 1.38 bits per heavy atom. The van der Waals surface area contributed by atoms with Gasteiger partial charge in [0.15, 0.2) is 0 Å². The van der Waals surface area contributed by atoms with E-state index in [0.29, 0.717) is 17.6 Å². The quantitative estimate of drug-likeness (QED) is 0.492. The fourth-order valence-corrected chi connectivity index (χ4v) is 3.39. The normalized spacial score (nSPS) is 27.9. The summed E-state index contributed by atoms with van der Waals surface area (Å²) in [5.74, 6) is 0. The minimum Gasteiger partial charge on any atom is -0.393 e. The Bertz CT molecular complexity index is 922. The molecule has 1 aromatic rings. The third-order valence-electron chi connectivity index (χ3n) is 5.14. The van der Waals surface area contributed by atoms with Crippen LogP contribution in [0.2, 0.25) is 0 Å². The third kappa shape index (κ3) is 7.93. The van der Waals surface area contributed by atoms with Gasteiger partial charge in [-0.15, -0.1) is 0 Å². The lowest BCUT2D eigenvalue weighted by Gasteiger charge is -2.26. The number of hydrogen-bond acceptors (Lipinski definition) is 3. The summed E-state index contributed by atoms with van der Waals surface area (Å²) in [6, 6.07) is 6.97. The molecule has 3 heteroatoms. The van der Waals surface area contributed by atoms with Crippen molar-refractivity contribution in [3.05, 3.63) is 65.3 Å². The van der Waals surface area contributed by atoms with Gasteiger partial charge in [-0.05, 0) is 73.2 Å². The molecule has 1 aliphatic carbocycles. The second kappa shape index (κ2) is 12.1. The van der Waals surface area contributed by atoms with Crippen LogP contribution in [0.4, 0.5) is 0 Å². The monoisotopic (exact) mass is 404 g/mol. The summed E-state index contributed by atoms with van der Waals surface area (Å²) < 4.78 is 47.2. The Kier molecular flexibility index (Phi) is 6.71. The van der Waals surface area contributed by atoms with Crippen molar-refractivity contribution in [1.29, 1.82) is 0 Å². The first-order valence-electron chi connectivity index (χ1n) is 13.5. The first-order chi connectivity index (χ1) is 16.3. The van der Waals surface area contributed by atoms with Crippen LogP contribution in [-0.4, -0.2) is 33.6 Å². The molecule has 0 amide bonds. The lowest BCUT2D eigenvalue weighted by molar-refractivity contribution is 0.0862. The molecule has 0 bridgehead atoms. The molecule has 1 aromatic carbocycles. The van der Waals surface area contributed by atoms with Crippen LogP contribution in [0.5, 0.6) is 0 Å². The van der Waals surface area contributed by atoms with E-state index in [1.165, 1.54) is 0 Å². The number of allylic oxidation sites excluding steroid dienone is 3. The van der Waals surface area contributed by atoms with E-state index in [-0.39, 0.29) is 19.3 Å². The first-order valence-corrected chi connectivity index (χ1v) is 10.4. The lowest BCUT2D eigenvalue weighted by atomic mass is 9.85. The lowest BCUT2D eigenvalue weighted by Crippen LogP contribution is -2.26. The minimum atomic E-state index is -2.55. The zero-order chi connectivity index (χ0) is 26.4. The highest BCUT2D eigenvalue weighted by atomic mass is 16.3. The maximum Gasteiger partial charge on any atom is 0.0811 e. The average molecular weight is 405 g/mol. The summed E-state index contributed by atoms with van der Waals surface area (Å²) in [6.45, 7) is 3.49. The van der Waals surface area contributed by atoms with Crippen LogP contribution < -0.4 is 0 Å². The van der Waals surface area contributed by atoms with E-state index < -0.39 is 37.9 Å². The summed E-state index contributed by atoms with van der Waals surface area (Å²) in [7, 11) is 0. The molecule has 0 aliphatic heterocycles. The van der Waals surface area contributed by atoms with Gasteiger partial charge in [-0.2, -0.15) is 0 Å². The van der Waals surface area contributed by atoms with Crippen LogP contribution in [0.15, 0.2) is 54.1 Å². The molecule has 0 heterocycles. The molecule has 29 heavy (non-hydrogen) atoms. The highest BCUT2D eigenvalue weighted by Gasteiger charge is 2.24. The molecule has 1 fully saturated rings. The number of benzene rings is 1. The SMILES string of the molecule is [2H]C(CCC(O)C([2H])([2H])[2H])C([2H])([2H])c1cccc(/C(=C/C=C2/C[C@@H](O)C[C@H](O)C2=C)CCCC)c1. The summed E-state index contributed by atoms with van der Waals surface area (Å²) in [6.07, 6.45) is 0.604. The number of aryl methyl sites for hydroxylation is 1. The maximum atomic E-state index is 10.1. The first kappa shape index (κ1) is 16.1. The molecular formula is C26H38O3. The Morgan fingerprint density at radius 2 is 2.21 bits per heavy atom. The van der Waals surface area contributed by atoms with Crippen LogP contribution in [0.25, 0.3) is 5.57 Å². The number of aliphatic hydroxyl groups is 3. The molecule has 2 rings (SSSR count). The largest absolute Gasteiger partial charge is 0.393 e. The summed E-state index contributed by atoms with van der Waals surface area (Å²) >= 11 is 0. The molecule has 1 aliphatic rings. The van der Waals surface area contributed by atoms with Gasteiger partial charge >= 0.3 is 0 Å². The minimum absolute atomic E-state index is 0.0891. The fraction of sp³-hybridized carbons (Fsp3) is 0.538. The number of hydrogen-bond donors (Lipinski definition) is 3. The smallest absolute Gasteiger partial charge is 0.0811 e. The van der Waals surface area contributed by atoms with Gasteiger partial charge in [0.2, 0.25) is 0 Å². The van der Waals surface area contributed by atoms with Crippen molar-refractivity contribution in [3.8, 4) is 0 Å². The van der Waals surface area contributed by atoms with Crippen molar-refractivity contribution in [2.75, 3.05) is 0 Å². The van der Waals surface area contributed by atoms with Crippen LogP contribution >= 0.6 is 0 Å². The maximum absolute atomic E-state index is 10.1. The van der Waals surface area contributed by atoms with Crippen molar-refractivity contribution < 1.29 is 23.5 Å². The van der Waals surface area contributed by atoms with Gasteiger partial charge in [-0.3, -0.25) is 0 Å². The van der Waals surface area contributed by atoms with Gasteiger partial charge in [-0.25, -0.2) is 0 Å². The van der Waals surface area contributed by atoms with Crippen molar-refractivity contribution in [1.82, 2.24) is 0 Å². The van der Waals surface area contributed by atoms with E-state index in [0.717, 1.165) is 36.0 Å². The summed E-state index contributed by atoms with van der Waals surface area (Å²) in [5.41, 5.74) is 3.49. The Labute approximate surface area is 184 Å².